The Morgan fingerprint density at radius 3 is 2.65 bits per heavy atom. The van der Waals surface area contributed by atoms with Gasteiger partial charge in [-0.3, -0.25) is 10.3 Å². The molecular formula is C17H25ClFN5O2. The first-order valence-corrected chi connectivity index (χ1v) is 8.54. The Morgan fingerprint density at radius 1 is 1.54 bits per heavy atom. The summed E-state index contributed by atoms with van der Waals surface area (Å²) in [5, 5.41) is 12.1. The first-order valence-electron chi connectivity index (χ1n) is 8.16. The zero-order valence-corrected chi connectivity index (χ0v) is 16.6. The van der Waals surface area contributed by atoms with E-state index in [-0.39, 0.29) is 22.1 Å². The topological polar surface area (TPSA) is 90.7 Å². The van der Waals surface area contributed by atoms with Crippen molar-refractivity contribution >= 4 is 29.1 Å². The van der Waals surface area contributed by atoms with Crippen molar-refractivity contribution in [3.63, 3.8) is 0 Å². The Morgan fingerprint density at radius 2 is 2.15 bits per heavy atom. The van der Waals surface area contributed by atoms with Crippen LogP contribution in [0.25, 0.3) is 0 Å². The molecule has 1 rings (SSSR count). The van der Waals surface area contributed by atoms with E-state index in [0.717, 1.165) is 0 Å². The lowest BCUT2D eigenvalue weighted by atomic mass is 10.0. The molecular weight excluding hydrogens is 361 g/mol. The molecule has 26 heavy (non-hydrogen) atoms. The Bertz CT molecular complexity index is 703. The van der Waals surface area contributed by atoms with Crippen LogP contribution < -0.4 is 5.43 Å². The molecule has 2 N–H and O–H groups in total. The summed E-state index contributed by atoms with van der Waals surface area (Å²) in [6.07, 6.45) is 0.764. The maximum Gasteiger partial charge on any atom is 0.410 e. The summed E-state index contributed by atoms with van der Waals surface area (Å²) in [5.74, 6) is -0.810. The predicted octanol–water partition coefficient (Wildman–Crippen LogP) is 3.46. The van der Waals surface area contributed by atoms with Gasteiger partial charge in [0.2, 0.25) is 0 Å². The van der Waals surface area contributed by atoms with Gasteiger partial charge in [-0.05, 0) is 40.7 Å². The van der Waals surface area contributed by atoms with Gasteiger partial charge < -0.3 is 10.2 Å². The van der Waals surface area contributed by atoms with Crippen molar-refractivity contribution in [2.24, 2.45) is 5.10 Å². The minimum Gasteiger partial charge on any atom is -0.444 e. The zero-order chi connectivity index (χ0) is 20.1. The molecule has 0 radical (unpaired) electrons. The number of hydrazone groups is 1. The standard InChI is InChI=1S/C17H25ClFN5O2/c1-7-24(16(25)26-17(3,4)5)10(2)14(23-21-6)13(20)11-8-9-22-15(18)12(11)19/h8-10,20-21H,7H2,1-6H3/b20-13?,23-14-. The molecule has 0 bridgehead atoms. The molecule has 1 aromatic rings. The van der Waals surface area contributed by atoms with Crippen molar-refractivity contribution in [3.8, 4) is 0 Å². The molecule has 1 unspecified atom stereocenters. The molecule has 0 saturated heterocycles. The van der Waals surface area contributed by atoms with Crippen LogP contribution in [-0.4, -0.2) is 52.6 Å². The highest BCUT2D eigenvalue weighted by Gasteiger charge is 2.30. The first-order chi connectivity index (χ1) is 12.0. The van der Waals surface area contributed by atoms with Crippen LogP contribution in [0.3, 0.4) is 0 Å². The maximum absolute atomic E-state index is 14.3. The van der Waals surface area contributed by atoms with Crippen LogP contribution in [0.2, 0.25) is 5.15 Å². The fourth-order valence-electron chi connectivity index (χ4n) is 2.26. The van der Waals surface area contributed by atoms with Gasteiger partial charge in [0.15, 0.2) is 11.0 Å². The minimum atomic E-state index is -0.810. The third-order valence-corrected chi connectivity index (χ3v) is 3.70. The van der Waals surface area contributed by atoms with Crippen molar-refractivity contribution in [1.29, 1.82) is 5.41 Å². The van der Waals surface area contributed by atoms with Gasteiger partial charge >= 0.3 is 6.09 Å². The van der Waals surface area contributed by atoms with Gasteiger partial charge in [-0.25, -0.2) is 14.2 Å². The van der Waals surface area contributed by atoms with Crippen LogP contribution in [0.5, 0.6) is 0 Å². The van der Waals surface area contributed by atoms with E-state index in [1.165, 1.54) is 17.2 Å². The minimum absolute atomic E-state index is 0.0499. The van der Waals surface area contributed by atoms with Gasteiger partial charge in [-0.15, -0.1) is 0 Å². The molecule has 1 heterocycles. The summed E-state index contributed by atoms with van der Waals surface area (Å²) >= 11 is 5.71. The molecule has 144 valence electrons. The molecule has 1 atom stereocenters. The number of aromatic nitrogens is 1. The second-order valence-electron chi connectivity index (χ2n) is 6.50. The zero-order valence-electron chi connectivity index (χ0n) is 15.9. The number of amides is 1. The van der Waals surface area contributed by atoms with Gasteiger partial charge in [-0.2, -0.15) is 5.10 Å². The molecule has 0 saturated carbocycles. The van der Waals surface area contributed by atoms with Crippen LogP contribution in [0, 0.1) is 11.2 Å². The monoisotopic (exact) mass is 385 g/mol. The van der Waals surface area contributed by atoms with E-state index in [4.69, 9.17) is 21.7 Å². The van der Waals surface area contributed by atoms with Gasteiger partial charge in [0, 0.05) is 25.4 Å². The summed E-state index contributed by atoms with van der Waals surface area (Å²) < 4.78 is 19.7. The highest BCUT2D eigenvalue weighted by Crippen LogP contribution is 2.18. The van der Waals surface area contributed by atoms with E-state index in [0.29, 0.717) is 6.54 Å². The number of rotatable bonds is 6. The summed E-state index contributed by atoms with van der Waals surface area (Å²) in [4.78, 5) is 17.5. The molecule has 0 spiro atoms. The van der Waals surface area contributed by atoms with Crippen molar-refractivity contribution in [2.75, 3.05) is 13.6 Å². The number of carbonyl (C=O) groups excluding carboxylic acids is 1. The molecule has 0 aliphatic rings. The number of hydrogen-bond donors (Lipinski definition) is 2. The molecule has 0 aliphatic carbocycles. The largest absolute Gasteiger partial charge is 0.444 e. The summed E-state index contributed by atoms with van der Waals surface area (Å²) in [7, 11) is 1.56. The fourth-order valence-corrected chi connectivity index (χ4v) is 2.42. The van der Waals surface area contributed by atoms with E-state index >= 15 is 0 Å². The van der Waals surface area contributed by atoms with E-state index in [9.17, 15) is 9.18 Å². The van der Waals surface area contributed by atoms with Crippen molar-refractivity contribution < 1.29 is 13.9 Å². The first kappa shape index (κ1) is 21.8. The predicted molar refractivity (Wildman–Crippen MR) is 101 cm³/mol. The molecule has 1 amide bonds. The third kappa shape index (κ3) is 5.39. The van der Waals surface area contributed by atoms with E-state index in [1.807, 2.05) is 0 Å². The molecule has 0 aromatic carbocycles. The van der Waals surface area contributed by atoms with Gasteiger partial charge in [0.25, 0.3) is 0 Å². The van der Waals surface area contributed by atoms with Crippen LogP contribution >= 0.6 is 11.6 Å². The number of nitrogens with zero attached hydrogens (tertiary/aromatic N) is 3. The SMILES string of the molecule is CCN(C(=O)OC(C)(C)C)C(C)/C(=N/NC)C(=N)c1ccnc(Cl)c1F. The fraction of sp³-hybridized carbons (Fsp3) is 0.529. The normalized spacial score (nSPS) is 13.2. The Balaban J connectivity index is 3.22. The molecule has 9 heteroatoms. The van der Waals surface area contributed by atoms with E-state index in [2.05, 4.69) is 15.5 Å². The average molecular weight is 386 g/mol. The highest BCUT2D eigenvalue weighted by molar-refractivity contribution is 6.49. The Kier molecular flexibility index (Phi) is 7.50. The summed E-state index contributed by atoms with van der Waals surface area (Å²) in [5.41, 5.74) is 1.85. The van der Waals surface area contributed by atoms with Crippen LogP contribution in [-0.2, 0) is 4.74 Å². The van der Waals surface area contributed by atoms with Crippen LogP contribution in [0.1, 0.15) is 40.2 Å². The maximum atomic E-state index is 14.3. The molecule has 0 fully saturated rings. The van der Waals surface area contributed by atoms with Crippen LogP contribution in [0.4, 0.5) is 9.18 Å². The van der Waals surface area contributed by atoms with E-state index in [1.54, 1.807) is 41.7 Å². The van der Waals surface area contributed by atoms with Gasteiger partial charge in [-0.1, -0.05) is 11.6 Å². The lowest BCUT2D eigenvalue weighted by molar-refractivity contribution is 0.0236. The highest BCUT2D eigenvalue weighted by atomic mass is 35.5. The third-order valence-electron chi connectivity index (χ3n) is 3.44. The second-order valence-corrected chi connectivity index (χ2v) is 6.86. The second kappa shape index (κ2) is 8.93. The lowest BCUT2D eigenvalue weighted by Crippen LogP contribution is -2.48. The average Bonchev–Trinajstić information content (AvgIpc) is 2.53. The number of carbonyl (C=O) groups is 1. The Labute approximate surface area is 158 Å². The molecule has 7 nitrogen and oxygen atoms in total. The smallest absolute Gasteiger partial charge is 0.410 e. The summed E-state index contributed by atoms with van der Waals surface area (Å²) in [6.45, 7) is 9.10. The van der Waals surface area contributed by atoms with E-state index < -0.39 is 23.6 Å². The number of hydrogen-bond acceptors (Lipinski definition) is 6. The van der Waals surface area contributed by atoms with Crippen molar-refractivity contribution in [1.82, 2.24) is 15.3 Å². The van der Waals surface area contributed by atoms with Gasteiger partial charge in [0.1, 0.15) is 11.3 Å². The van der Waals surface area contributed by atoms with Gasteiger partial charge in [0.05, 0.1) is 11.8 Å². The number of ether oxygens (including phenoxy) is 1. The summed E-state index contributed by atoms with van der Waals surface area (Å²) in [6, 6.07) is 0.701. The molecule has 0 aliphatic heterocycles. The lowest BCUT2D eigenvalue weighted by Gasteiger charge is -2.31. The number of halogens is 2. The quantitative estimate of drug-likeness (QED) is 0.445. The molecule has 1 aromatic heterocycles. The Hall–Kier alpha value is -2.22. The number of pyridine rings is 1. The van der Waals surface area contributed by atoms with Crippen molar-refractivity contribution in [3.05, 3.63) is 28.8 Å². The number of nitrogens with one attached hydrogen (secondary N) is 2. The van der Waals surface area contributed by atoms with Crippen molar-refractivity contribution in [2.45, 2.75) is 46.3 Å². The van der Waals surface area contributed by atoms with Crippen LogP contribution in [0.15, 0.2) is 17.4 Å².